The minimum Gasteiger partial charge on any atom is -0.495 e. The predicted octanol–water partition coefficient (Wildman–Crippen LogP) is 2.07. The zero-order valence-electron chi connectivity index (χ0n) is 10.7. The Morgan fingerprint density at radius 1 is 1.41 bits per heavy atom. The van der Waals surface area contributed by atoms with E-state index < -0.39 is 0 Å². The molecule has 0 aromatic carbocycles. The fraction of sp³-hybridized carbons (Fsp3) is 0.538. The number of rotatable bonds is 7. The average molecular weight is 237 g/mol. The highest BCUT2D eigenvalue weighted by molar-refractivity contribution is 5.49. The van der Waals surface area contributed by atoms with Gasteiger partial charge in [-0.05, 0) is 19.8 Å². The third-order valence-corrected chi connectivity index (χ3v) is 2.66. The summed E-state index contributed by atoms with van der Waals surface area (Å²) in [6.45, 7) is 2.43. The lowest BCUT2D eigenvalue weighted by atomic mass is 10.0. The molecule has 1 heterocycles. The molecule has 0 saturated heterocycles. The van der Waals surface area contributed by atoms with Crippen LogP contribution in [0.1, 0.15) is 29.7 Å². The molecular weight excluding hydrogens is 218 g/mol. The van der Waals surface area contributed by atoms with Gasteiger partial charge in [-0.3, -0.25) is 4.98 Å². The lowest BCUT2D eigenvalue weighted by Gasteiger charge is -2.14. The second-order valence-corrected chi connectivity index (χ2v) is 3.87. The summed E-state index contributed by atoms with van der Waals surface area (Å²) >= 11 is 0. The molecule has 4 nitrogen and oxygen atoms in total. The monoisotopic (exact) mass is 237 g/mol. The van der Waals surface area contributed by atoms with Crippen molar-refractivity contribution in [3.8, 4) is 5.75 Å². The number of unbranched alkanes of at least 4 members (excludes halogenated alkanes) is 1. The van der Waals surface area contributed by atoms with E-state index in [1.54, 1.807) is 14.2 Å². The molecule has 0 aliphatic rings. The summed E-state index contributed by atoms with van der Waals surface area (Å²) in [5.41, 5.74) is 3.00. The van der Waals surface area contributed by atoms with Crippen LogP contribution in [0.2, 0.25) is 0 Å². The van der Waals surface area contributed by atoms with Crippen LogP contribution in [0.5, 0.6) is 5.75 Å². The molecule has 0 fully saturated rings. The zero-order valence-corrected chi connectivity index (χ0v) is 10.7. The predicted molar refractivity (Wildman–Crippen MR) is 65.2 cm³/mol. The molecule has 0 radical (unpaired) electrons. The number of aldehydes is 1. The van der Waals surface area contributed by atoms with Crippen molar-refractivity contribution in [2.24, 2.45) is 0 Å². The van der Waals surface area contributed by atoms with Gasteiger partial charge in [0.25, 0.3) is 0 Å². The van der Waals surface area contributed by atoms with Gasteiger partial charge >= 0.3 is 0 Å². The summed E-state index contributed by atoms with van der Waals surface area (Å²) in [7, 11) is 3.30. The SMILES string of the molecule is COCc1cnc(C)c(OC)c1CCCC=O. The molecule has 17 heavy (non-hydrogen) atoms. The van der Waals surface area contributed by atoms with Crippen LogP contribution >= 0.6 is 0 Å². The lowest BCUT2D eigenvalue weighted by Crippen LogP contribution is -2.04. The summed E-state index contributed by atoms with van der Waals surface area (Å²) in [5, 5.41) is 0. The molecule has 1 rings (SSSR count). The lowest BCUT2D eigenvalue weighted by molar-refractivity contribution is -0.107. The Hall–Kier alpha value is -1.42. The van der Waals surface area contributed by atoms with Crippen molar-refractivity contribution >= 4 is 6.29 Å². The first-order valence-electron chi connectivity index (χ1n) is 5.68. The van der Waals surface area contributed by atoms with Crippen LogP contribution in [0.3, 0.4) is 0 Å². The van der Waals surface area contributed by atoms with Crippen LogP contribution in [0, 0.1) is 6.92 Å². The summed E-state index contributed by atoms with van der Waals surface area (Å²) in [6.07, 6.45) is 4.95. The molecule has 0 aliphatic heterocycles. The van der Waals surface area contributed by atoms with Crippen LogP contribution in [-0.2, 0) is 22.6 Å². The second kappa shape index (κ2) is 7.01. The number of carbonyl (C=O) groups excluding carboxylic acids is 1. The quantitative estimate of drug-likeness (QED) is 0.538. The van der Waals surface area contributed by atoms with Crippen molar-refractivity contribution in [2.75, 3.05) is 14.2 Å². The standard InChI is InChI=1S/C13H19NO3/c1-10-13(17-3)12(6-4-5-7-15)11(8-14-10)9-16-2/h7-8H,4-6,9H2,1-3H3. The highest BCUT2D eigenvalue weighted by atomic mass is 16.5. The van der Waals surface area contributed by atoms with Gasteiger partial charge in [0.15, 0.2) is 0 Å². The molecule has 0 spiro atoms. The average Bonchev–Trinajstić information content (AvgIpc) is 2.33. The molecule has 0 aliphatic carbocycles. The van der Waals surface area contributed by atoms with Crippen molar-refractivity contribution in [2.45, 2.75) is 32.8 Å². The van der Waals surface area contributed by atoms with Gasteiger partial charge in [-0.1, -0.05) is 0 Å². The smallest absolute Gasteiger partial charge is 0.143 e. The van der Waals surface area contributed by atoms with Crippen molar-refractivity contribution in [3.05, 3.63) is 23.0 Å². The van der Waals surface area contributed by atoms with E-state index in [0.717, 1.165) is 41.7 Å². The molecule has 1 aromatic rings. The largest absolute Gasteiger partial charge is 0.495 e. The van der Waals surface area contributed by atoms with Gasteiger partial charge in [0.2, 0.25) is 0 Å². The Balaban J connectivity index is 3.00. The van der Waals surface area contributed by atoms with Gasteiger partial charge in [0.05, 0.1) is 19.4 Å². The summed E-state index contributed by atoms with van der Waals surface area (Å²) in [4.78, 5) is 14.6. The van der Waals surface area contributed by atoms with E-state index in [1.807, 2.05) is 13.1 Å². The first kappa shape index (κ1) is 13.6. The van der Waals surface area contributed by atoms with Crippen molar-refractivity contribution in [1.29, 1.82) is 0 Å². The summed E-state index contributed by atoms with van der Waals surface area (Å²) < 4.78 is 10.5. The number of methoxy groups -OCH3 is 2. The van der Waals surface area contributed by atoms with E-state index in [0.29, 0.717) is 13.0 Å². The molecule has 0 amide bonds. The second-order valence-electron chi connectivity index (χ2n) is 3.87. The van der Waals surface area contributed by atoms with E-state index in [-0.39, 0.29) is 0 Å². The van der Waals surface area contributed by atoms with Crippen LogP contribution in [0.4, 0.5) is 0 Å². The fourth-order valence-electron chi connectivity index (χ4n) is 1.86. The van der Waals surface area contributed by atoms with E-state index in [9.17, 15) is 4.79 Å². The maximum atomic E-state index is 10.4. The maximum Gasteiger partial charge on any atom is 0.143 e. The van der Waals surface area contributed by atoms with Gasteiger partial charge in [-0.25, -0.2) is 0 Å². The Bertz CT molecular complexity index is 377. The number of ether oxygens (including phenoxy) is 2. The first-order chi connectivity index (χ1) is 8.24. The Labute approximate surface area is 102 Å². The molecule has 0 unspecified atom stereocenters. The van der Waals surface area contributed by atoms with Crippen molar-refractivity contribution in [1.82, 2.24) is 4.98 Å². The third kappa shape index (κ3) is 3.53. The zero-order chi connectivity index (χ0) is 12.7. The number of aromatic nitrogens is 1. The van der Waals surface area contributed by atoms with Crippen LogP contribution in [-0.4, -0.2) is 25.5 Å². The molecule has 94 valence electrons. The molecule has 0 N–H and O–H groups in total. The van der Waals surface area contributed by atoms with E-state index in [2.05, 4.69) is 4.98 Å². The number of hydrogen-bond donors (Lipinski definition) is 0. The number of carbonyl (C=O) groups is 1. The number of pyridine rings is 1. The topological polar surface area (TPSA) is 48.4 Å². The molecule has 0 bridgehead atoms. The molecular formula is C13H19NO3. The van der Waals surface area contributed by atoms with Crippen LogP contribution in [0.15, 0.2) is 6.20 Å². The van der Waals surface area contributed by atoms with Crippen molar-refractivity contribution < 1.29 is 14.3 Å². The van der Waals surface area contributed by atoms with Gasteiger partial charge < -0.3 is 14.3 Å². The van der Waals surface area contributed by atoms with Gasteiger partial charge in [-0.2, -0.15) is 0 Å². The normalized spacial score (nSPS) is 10.3. The van der Waals surface area contributed by atoms with Gasteiger partial charge in [0, 0.05) is 30.9 Å². The molecule has 0 atom stereocenters. The Kier molecular flexibility index (Phi) is 5.63. The summed E-state index contributed by atoms with van der Waals surface area (Å²) in [6, 6.07) is 0. The highest BCUT2D eigenvalue weighted by Gasteiger charge is 2.12. The van der Waals surface area contributed by atoms with E-state index in [1.165, 1.54) is 0 Å². The third-order valence-electron chi connectivity index (χ3n) is 2.66. The Morgan fingerprint density at radius 3 is 2.76 bits per heavy atom. The summed E-state index contributed by atoms with van der Waals surface area (Å²) in [5.74, 6) is 0.811. The van der Waals surface area contributed by atoms with Crippen molar-refractivity contribution in [3.63, 3.8) is 0 Å². The molecule has 1 aromatic heterocycles. The van der Waals surface area contributed by atoms with E-state index in [4.69, 9.17) is 9.47 Å². The van der Waals surface area contributed by atoms with Gasteiger partial charge in [0.1, 0.15) is 12.0 Å². The number of aryl methyl sites for hydroxylation is 1. The fourth-order valence-corrected chi connectivity index (χ4v) is 1.86. The Morgan fingerprint density at radius 2 is 2.18 bits per heavy atom. The highest BCUT2D eigenvalue weighted by Crippen LogP contribution is 2.27. The van der Waals surface area contributed by atoms with Crippen LogP contribution < -0.4 is 4.74 Å². The van der Waals surface area contributed by atoms with Gasteiger partial charge in [-0.15, -0.1) is 0 Å². The minimum atomic E-state index is 0.514. The number of nitrogens with zero attached hydrogens (tertiary/aromatic N) is 1. The molecule has 4 heteroatoms. The maximum absolute atomic E-state index is 10.4. The minimum absolute atomic E-state index is 0.514. The molecule has 0 saturated carbocycles. The number of hydrogen-bond acceptors (Lipinski definition) is 4. The van der Waals surface area contributed by atoms with E-state index >= 15 is 0 Å². The van der Waals surface area contributed by atoms with Crippen LogP contribution in [0.25, 0.3) is 0 Å². The first-order valence-corrected chi connectivity index (χ1v) is 5.68.